The third-order valence-corrected chi connectivity index (χ3v) is 9.20. The summed E-state index contributed by atoms with van der Waals surface area (Å²) in [6.45, 7) is 13.3. The van der Waals surface area contributed by atoms with E-state index in [1.54, 1.807) is 39.7 Å². The van der Waals surface area contributed by atoms with Gasteiger partial charge in [0, 0.05) is 32.8 Å². The normalized spacial score (nSPS) is 13.7. The van der Waals surface area contributed by atoms with Gasteiger partial charge in [0.1, 0.15) is 21.0 Å². The fourth-order valence-corrected chi connectivity index (χ4v) is 6.62. The number of thiophene rings is 1. The molecular formula is C33H47N3O8S. The van der Waals surface area contributed by atoms with E-state index >= 15 is 0 Å². The van der Waals surface area contributed by atoms with Crippen LogP contribution in [0.15, 0.2) is 33.9 Å². The first kappa shape index (κ1) is 36.0. The molecule has 1 aliphatic heterocycles. The van der Waals surface area contributed by atoms with Gasteiger partial charge in [0.15, 0.2) is 0 Å². The lowest BCUT2D eigenvalue weighted by atomic mass is 10.0. The first-order chi connectivity index (χ1) is 21.4. The molecule has 45 heavy (non-hydrogen) atoms. The second-order valence-corrected chi connectivity index (χ2v) is 12.4. The molecule has 3 heterocycles. The third kappa shape index (κ3) is 8.03. The van der Waals surface area contributed by atoms with Gasteiger partial charge in [-0.25, -0.2) is 14.2 Å². The van der Waals surface area contributed by atoms with E-state index in [0.717, 1.165) is 53.9 Å². The SMILES string of the molecule is CCCN(CC)C(=O)C(C)(C)n1c(=O)c2c(C)c(C(=O)OCC)sc2n(CCc2ccccc2OC)c1=O.OC1CCOCC1. The van der Waals surface area contributed by atoms with E-state index < -0.39 is 22.8 Å². The van der Waals surface area contributed by atoms with Crippen molar-refractivity contribution in [2.45, 2.75) is 85.4 Å². The number of aliphatic hydroxyl groups is 1. The number of aromatic nitrogens is 2. The maximum absolute atomic E-state index is 14.0. The highest BCUT2D eigenvalue weighted by Gasteiger charge is 2.38. The van der Waals surface area contributed by atoms with Crippen LogP contribution in [0.4, 0.5) is 0 Å². The molecule has 1 aliphatic rings. The van der Waals surface area contributed by atoms with Gasteiger partial charge in [-0.05, 0) is 77.5 Å². The number of hydrogen-bond acceptors (Lipinski definition) is 9. The molecule has 11 nitrogen and oxygen atoms in total. The maximum Gasteiger partial charge on any atom is 0.348 e. The van der Waals surface area contributed by atoms with Gasteiger partial charge in [0.25, 0.3) is 5.56 Å². The van der Waals surface area contributed by atoms with Crippen molar-refractivity contribution in [3.05, 3.63) is 61.1 Å². The van der Waals surface area contributed by atoms with Crippen LogP contribution in [0.25, 0.3) is 10.2 Å². The highest BCUT2D eigenvalue weighted by molar-refractivity contribution is 7.20. The van der Waals surface area contributed by atoms with Crippen LogP contribution in [0, 0.1) is 6.92 Å². The number of likely N-dealkylation sites (N-methyl/N-ethyl adjacent to an activating group) is 1. The number of carbonyl (C=O) groups is 2. The number of rotatable bonds is 11. The Morgan fingerprint density at radius 3 is 2.36 bits per heavy atom. The third-order valence-electron chi connectivity index (χ3n) is 7.91. The zero-order chi connectivity index (χ0) is 33.3. The van der Waals surface area contributed by atoms with Gasteiger partial charge in [0.2, 0.25) is 5.91 Å². The topological polar surface area (TPSA) is 129 Å². The van der Waals surface area contributed by atoms with E-state index in [1.807, 2.05) is 38.1 Å². The number of methoxy groups -OCH3 is 1. The number of para-hydroxylation sites is 1. The molecule has 0 radical (unpaired) electrons. The second kappa shape index (κ2) is 16.2. The molecule has 0 saturated carbocycles. The highest BCUT2D eigenvalue weighted by atomic mass is 32.1. The van der Waals surface area contributed by atoms with E-state index in [9.17, 15) is 19.2 Å². The molecular weight excluding hydrogens is 598 g/mol. The number of benzene rings is 1. The summed E-state index contributed by atoms with van der Waals surface area (Å²) < 4.78 is 18.2. The molecule has 1 amide bonds. The van der Waals surface area contributed by atoms with E-state index in [-0.39, 0.29) is 35.4 Å². The molecule has 1 aromatic carbocycles. The quantitative estimate of drug-likeness (QED) is 0.309. The minimum atomic E-state index is -1.45. The zero-order valence-corrected chi connectivity index (χ0v) is 28.3. The van der Waals surface area contributed by atoms with Crippen molar-refractivity contribution in [3.8, 4) is 5.75 Å². The molecule has 0 unspecified atom stereocenters. The molecule has 0 spiro atoms. The Labute approximate surface area is 268 Å². The Kier molecular flexibility index (Phi) is 13.0. The van der Waals surface area contributed by atoms with Gasteiger partial charge in [0.05, 0.1) is 25.2 Å². The zero-order valence-electron chi connectivity index (χ0n) is 27.5. The van der Waals surface area contributed by atoms with Crippen molar-refractivity contribution in [3.63, 3.8) is 0 Å². The van der Waals surface area contributed by atoms with E-state index in [0.29, 0.717) is 35.7 Å². The largest absolute Gasteiger partial charge is 0.496 e. The Hall–Kier alpha value is -3.48. The first-order valence-corrected chi connectivity index (χ1v) is 16.4. The Morgan fingerprint density at radius 2 is 1.80 bits per heavy atom. The van der Waals surface area contributed by atoms with E-state index in [2.05, 4.69) is 0 Å². The van der Waals surface area contributed by atoms with Crippen LogP contribution in [0.2, 0.25) is 0 Å². The molecule has 1 saturated heterocycles. The van der Waals surface area contributed by atoms with E-state index in [4.69, 9.17) is 19.3 Å². The number of aryl methyl sites for hydroxylation is 3. The monoisotopic (exact) mass is 645 g/mol. The molecule has 3 aromatic rings. The maximum atomic E-state index is 14.0. The minimum Gasteiger partial charge on any atom is -0.496 e. The van der Waals surface area contributed by atoms with Crippen LogP contribution in [0.3, 0.4) is 0 Å². The number of esters is 1. The summed E-state index contributed by atoms with van der Waals surface area (Å²) in [4.78, 5) is 56.6. The summed E-state index contributed by atoms with van der Waals surface area (Å²) in [6.07, 6.45) is 2.74. The van der Waals surface area contributed by atoms with Gasteiger partial charge >= 0.3 is 11.7 Å². The molecule has 4 rings (SSSR count). The van der Waals surface area contributed by atoms with Crippen molar-refractivity contribution < 1.29 is 28.9 Å². The van der Waals surface area contributed by atoms with Crippen LogP contribution in [0.1, 0.15) is 74.7 Å². The summed E-state index contributed by atoms with van der Waals surface area (Å²) in [7, 11) is 1.58. The smallest absolute Gasteiger partial charge is 0.348 e. The first-order valence-electron chi connectivity index (χ1n) is 15.6. The lowest BCUT2D eigenvalue weighted by molar-refractivity contribution is -0.139. The molecule has 12 heteroatoms. The number of carbonyl (C=O) groups excluding carboxylic acids is 2. The van der Waals surface area contributed by atoms with Crippen molar-refractivity contribution in [1.29, 1.82) is 0 Å². The summed E-state index contributed by atoms with van der Waals surface area (Å²) in [5, 5.41) is 9.08. The van der Waals surface area contributed by atoms with Crippen LogP contribution in [-0.4, -0.2) is 77.1 Å². The average molecular weight is 646 g/mol. The summed E-state index contributed by atoms with van der Waals surface area (Å²) >= 11 is 1.07. The van der Waals surface area contributed by atoms with Gasteiger partial charge in [-0.1, -0.05) is 25.1 Å². The molecule has 0 aliphatic carbocycles. The number of nitrogens with zero attached hydrogens (tertiary/aromatic N) is 3. The second-order valence-electron chi connectivity index (χ2n) is 11.4. The molecule has 0 atom stereocenters. The van der Waals surface area contributed by atoms with E-state index in [1.165, 1.54) is 4.57 Å². The predicted molar refractivity (Wildman–Crippen MR) is 176 cm³/mol. The van der Waals surface area contributed by atoms with Gasteiger partial charge in [-0.2, -0.15) is 0 Å². The molecule has 1 fully saturated rings. The molecule has 1 N–H and O–H groups in total. The van der Waals surface area contributed by atoms with Crippen molar-refractivity contribution in [2.24, 2.45) is 0 Å². The van der Waals surface area contributed by atoms with Crippen LogP contribution in [-0.2, 0) is 32.8 Å². The van der Waals surface area contributed by atoms with Crippen molar-refractivity contribution >= 4 is 33.4 Å². The average Bonchev–Trinajstić information content (AvgIpc) is 3.37. The fourth-order valence-electron chi connectivity index (χ4n) is 5.41. The number of amides is 1. The molecule has 2 aromatic heterocycles. The van der Waals surface area contributed by atoms with Crippen molar-refractivity contribution in [1.82, 2.24) is 14.0 Å². The fraction of sp³-hybridized carbons (Fsp3) is 0.576. The number of ether oxygens (including phenoxy) is 3. The number of hydrogen-bond donors (Lipinski definition) is 1. The van der Waals surface area contributed by atoms with Crippen LogP contribution >= 0.6 is 11.3 Å². The van der Waals surface area contributed by atoms with Gasteiger partial charge in [-0.3, -0.25) is 14.2 Å². The highest BCUT2D eigenvalue weighted by Crippen LogP contribution is 2.30. The Bertz CT molecular complexity index is 1580. The summed E-state index contributed by atoms with van der Waals surface area (Å²) in [5.74, 6) is -0.167. The lowest BCUT2D eigenvalue weighted by Gasteiger charge is -2.32. The molecule has 248 valence electrons. The predicted octanol–water partition coefficient (Wildman–Crippen LogP) is 4.11. The van der Waals surface area contributed by atoms with Gasteiger partial charge in [-0.15, -0.1) is 11.3 Å². The van der Waals surface area contributed by atoms with Crippen LogP contribution in [0.5, 0.6) is 5.75 Å². The van der Waals surface area contributed by atoms with Crippen molar-refractivity contribution in [2.75, 3.05) is 40.0 Å². The number of aliphatic hydroxyl groups excluding tert-OH is 1. The Morgan fingerprint density at radius 1 is 1.13 bits per heavy atom. The number of fused-ring (bicyclic) bond motifs is 1. The van der Waals surface area contributed by atoms with Crippen LogP contribution < -0.4 is 16.0 Å². The lowest BCUT2D eigenvalue weighted by Crippen LogP contribution is -2.56. The summed E-state index contributed by atoms with van der Waals surface area (Å²) in [5.41, 5.74) is -1.30. The Balaban J connectivity index is 0.000000693. The summed E-state index contributed by atoms with van der Waals surface area (Å²) in [6, 6.07) is 7.51. The minimum absolute atomic E-state index is 0.0891. The molecule has 0 bridgehead atoms. The van der Waals surface area contributed by atoms with Gasteiger partial charge < -0.3 is 24.2 Å². The standard InChI is InChI=1S/C28H37N3O6S.C5H10O2/c1-8-16-29(9-2)26(34)28(5,6)31-23(32)21-18(4)22(25(33)37-10-3)38-24(21)30(27(31)35)17-15-19-13-11-12-14-20(19)36-7;6-5-1-3-7-4-2-5/h11-14H,8-10,15-17H2,1-7H3;5-6H,1-4H2.